The Labute approximate surface area is 116 Å². The first-order valence-electron chi connectivity index (χ1n) is 7.23. The van der Waals surface area contributed by atoms with Crippen LogP contribution < -0.4 is 5.73 Å². The van der Waals surface area contributed by atoms with Crippen LogP contribution in [-0.4, -0.2) is 38.3 Å². The van der Waals surface area contributed by atoms with E-state index in [1.54, 1.807) is 0 Å². The summed E-state index contributed by atoms with van der Waals surface area (Å²) < 4.78 is 5.53. The van der Waals surface area contributed by atoms with Crippen LogP contribution in [0.3, 0.4) is 0 Å². The van der Waals surface area contributed by atoms with E-state index in [0.29, 0.717) is 5.92 Å². The van der Waals surface area contributed by atoms with Gasteiger partial charge in [0, 0.05) is 25.7 Å². The monoisotopic (exact) mass is 262 g/mol. The number of nitrogens with zero attached hydrogens (tertiary/aromatic N) is 1. The molecule has 2 rings (SSSR count). The first kappa shape index (κ1) is 14.5. The molecule has 1 heterocycles. The van der Waals surface area contributed by atoms with Crippen molar-refractivity contribution in [2.24, 2.45) is 11.7 Å². The SMILES string of the molecule is Cc1ccc(C(N)CN(C)CC2CCCOC2)cc1. The van der Waals surface area contributed by atoms with Crippen molar-refractivity contribution >= 4 is 0 Å². The molecule has 0 spiro atoms. The van der Waals surface area contributed by atoms with E-state index in [9.17, 15) is 0 Å². The molecule has 0 bridgehead atoms. The molecule has 2 atom stereocenters. The second-order valence-electron chi connectivity index (χ2n) is 5.82. The standard InChI is InChI=1S/C16H26N2O/c1-13-5-7-15(8-6-13)16(17)11-18(2)10-14-4-3-9-19-12-14/h5-8,14,16H,3-4,9-12,17H2,1-2H3. The van der Waals surface area contributed by atoms with Crippen LogP contribution in [0.15, 0.2) is 24.3 Å². The Morgan fingerprint density at radius 2 is 2.11 bits per heavy atom. The predicted molar refractivity (Wildman–Crippen MR) is 79.1 cm³/mol. The summed E-state index contributed by atoms with van der Waals surface area (Å²) in [4.78, 5) is 2.34. The van der Waals surface area contributed by atoms with Gasteiger partial charge in [-0.15, -0.1) is 0 Å². The Kier molecular flexibility index (Phi) is 5.37. The molecule has 3 heteroatoms. The van der Waals surface area contributed by atoms with Gasteiger partial charge in [-0.25, -0.2) is 0 Å². The molecular formula is C16H26N2O. The van der Waals surface area contributed by atoms with Gasteiger partial charge in [-0.1, -0.05) is 29.8 Å². The summed E-state index contributed by atoms with van der Waals surface area (Å²) in [5.41, 5.74) is 8.78. The minimum absolute atomic E-state index is 0.0927. The van der Waals surface area contributed by atoms with Crippen LogP contribution in [0, 0.1) is 12.8 Å². The second kappa shape index (κ2) is 7.04. The summed E-state index contributed by atoms with van der Waals surface area (Å²) in [7, 11) is 2.16. The van der Waals surface area contributed by atoms with Crippen molar-refractivity contribution in [3.05, 3.63) is 35.4 Å². The minimum Gasteiger partial charge on any atom is -0.381 e. The lowest BCUT2D eigenvalue weighted by atomic mass is 10.0. The van der Waals surface area contributed by atoms with E-state index in [2.05, 4.69) is 43.1 Å². The molecule has 1 fully saturated rings. The average molecular weight is 262 g/mol. The Morgan fingerprint density at radius 3 is 2.74 bits per heavy atom. The first-order chi connectivity index (χ1) is 9.15. The van der Waals surface area contributed by atoms with Gasteiger partial charge in [-0.05, 0) is 38.3 Å². The van der Waals surface area contributed by atoms with Gasteiger partial charge in [-0.3, -0.25) is 0 Å². The van der Waals surface area contributed by atoms with E-state index in [4.69, 9.17) is 10.5 Å². The van der Waals surface area contributed by atoms with Crippen molar-refractivity contribution in [2.45, 2.75) is 25.8 Å². The quantitative estimate of drug-likeness (QED) is 0.885. The molecule has 2 N–H and O–H groups in total. The summed E-state index contributed by atoms with van der Waals surface area (Å²) in [6, 6.07) is 8.62. The number of aryl methyl sites for hydroxylation is 1. The van der Waals surface area contributed by atoms with E-state index >= 15 is 0 Å². The highest BCUT2D eigenvalue weighted by Crippen LogP contribution is 2.17. The molecule has 0 aromatic heterocycles. The van der Waals surface area contributed by atoms with Gasteiger partial charge < -0.3 is 15.4 Å². The largest absolute Gasteiger partial charge is 0.381 e. The van der Waals surface area contributed by atoms with Crippen LogP contribution in [0.1, 0.15) is 30.0 Å². The Morgan fingerprint density at radius 1 is 1.37 bits per heavy atom. The van der Waals surface area contributed by atoms with E-state index in [-0.39, 0.29) is 6.04 Å². The molecule has 1 saturated heterocycles. The lowest BCUT2D eigenvalue weighted by Crippen LogP contribution is -2.35. The molecule has 19 heavy (non-hydrogen) atoms. The third-order valence-corrected chi connectivity index (χ3v) is 3.84. The number of rotatable bonds is 5. The third-order valence-electron chi connectivity index (χ3n) is 3.84. The van der Waals surface area contributed by atoms with Crippen LogP contribution >= 0.6 is 0 Å². The van der Waals surface area contributed by atoms with Crippen molar-refractivity contribution in [3.8, 4) is 0 Å². The molecule has 1 aliphatic heterocycles. The summed E-state index contributed by atoms with van der Waals surface area (Å²) >= 11 is 0. The van der Waals surface area contributed by atoms with Crippen LogP contribution in [0.25, 0.3) is 0 Å². The highest BCUT2D eigenvalue weighted by atomic mass is 16.5. The maximum Gasteiger partial charge on any atom is 0.0506 e. The Bertz CT molecular complexity index is 371. The van der Waals surface area contributed by atoms with Gasteiger partial charge in [0.2, 0.25) is 0 Å². The van der Waals surface area contributed by atoms with Gasteiger partial charge >= 0.3 is 0 Å². The van der Waals surface area contributed by atoms with Gasteiger partial charge in [0.25, 0.3) is 0 Å². The normalized spacial score (nSPS) is 21.6. The zero-order chi connectivity index (χ0) is 13.7. The third kappa shape index (κ3) is 4.60. The molecule has 1 aromatic rings. The first-order valence-corrected chi connectivity index (χ1v) is 7.23. The smallest absolute Gasteiger partial charge is 0.0506 e. The van der Waals surface area contributed by atoms with E-state index in [1.807, 2.05) is 0 Å². The summed E-state index contributed by atoms with van der Waals surface area (Å²) in [6.07, 6.45) is 2.48. The van der Waals surface area contributed by atoms with Crippen molar-refractivity contribution in [1.82, 2.24) is 4.90 Å². The fourth-order valence-corrected chi connectivity index (χ4v) is 2.72. The molecule has 0 radical (unpaired) electrons. The zero-order valence-electron chi connectivity index (χ0n) is 12.1. The van der Waals surface area contributed by atoms with Crippen LogP contribution in [0.5, 0.6) is 0 Å². The van der Waals surface area contributed by atoms with Crippen LogP contribution in [-0.2, 0) is 4.74 Å². The average Bonchev–Trinajstić information content (AvgIpc) is 2.40. The van der Waals surface area contributed by atoms with Crippen molar-refractivity contribution in [3.63, 3.8) is 0 Å². The number of nitrogens with two attached hydrogens (primary N) is 1. The van der Waals surface area contributed by atoms with Crippen LogP contribution in [0.2, 0.25) is 0 Å². The molecule has 3 nitrogen and oxygen atoms in total. The number of likely N-dealkylation sites (N-methyl/N-ethyl adjacent to an activating group) is 1. The molecular weight excluding hydrogens is 236 g/mol. The van der Waals surface area contributed by atoms with Gasteiger partial charge in [0.1, 0.15) is 0 Å². The van der Waals surface area contributed by atoms with E-state index in [0.717, 1.165) is 26.3 Å². The molecule has 1 aromatic carbocycles. The summed E-state index contributed by atoms with van der Waals surface area (Å²) in [5.74, 6) is 0.670. The van der Waals surface area contributed by atoms with Crippen molar-refractivity contribution < 1.29 is 4.74 Å². The van der Waals surface area contributed by atoms with Crippen molar-refractivity contribution in [2.75, 3.05) is 33.4 Å². The molecule has 106 valence electrons. The molecule has 0 aliphatic carbocycles. The highest BCUT2D eigenvalue weighted by Gasteiger charge is 2.17. The van der Waals surface area contributed by atoms with Crippen LogP contribution in [0.4, 0.5) is 0 Å². The number of hydrogen-bond donors (Lipinski definition) is 1. The topological polar surface area (TPSA) is 38.5 Å². The molecule has 0 amide bonds. The van der Waals surface area contributed by atoms with E-state index < -0.39 is 0 Å². The Hall–Kier alpha value is -0.900. The fourth-order valence-electron chi connectivity index (χ4n) is 2.72. The fraction of sp³-hybridized carbons (Fsp3) is 0.625. The van der Waals surface area contributed by atoms with Gasteiger partial charge in [0.15, 0.2) is 0 Å². The summed E-state index contributed by atoms with van der Waals surface area (Å²) in [5, 5.41) is 0. The maximum atomic E-state index is 6.28. The van der Waals surface area contributed by atoms with Crippen molar-refractivity contribution in [1.29, 1.82) is 0 Å². The molecule has 2 unspecified atom stereocenters. The van der Waals surface area contributed by atoms with Gasteiger partial charge in [0.05, 0.1) is 6.61 Å². The number of hydrogen-bond acceptors (Lipinski definition) is 3. The second-order valence-corrected chi connectivity index (χ2v) is 5.82. The predicted octanol–water partition coefficient (Wildman–Crippen LogP) is 2.35. The minimum atomic E-state index is 0.0927. The lowest BCUT2D eigenvalue weighted by Gasteiger charge is -2.28. The van der Waals surface area contributed by atoms with Gasteiger partial charge in [-0.2, -0.15) is 0 Å². The maximum absolute atomic E-state index is 6.28. The zero-order valence-corrected chi connectivity index (χ0v) is 12.1. The van der Waals surface area contributed by atoms with E-state index in [1.165, 1.54) is 24.0 Å². The Balaban J connectivity index is 1.80. The number of ether oxygens (including phenoxy) is 1. The number of benzene rings is 1. The molecule has 0 saturated carbocycles. The molecule has 1 aliphatic rings. The lowest BCUT2D eigenvalue weighted by molar-refractivity contribution is 0.0414. The summed E-state index contributed by atoms with van der Waals surface area (Å²) in [6.45, 7) is 5.93. The highest BCUT2D eigenvalue weighted by molar-refractivity contribution is 5.24.